The molecule has 0 spiro atoms. The first-order valence-corrected chi connectivity index (χ1v) is 15.4. The Hall–Kier alpha value is -3.69. The van der Waals surface area contributed by atoms with Gasteiger partial charge in [0.05, 0.1) is 34.1 Å². The molecule has 3 aromatic carbocycles. The van der Waals surface area contributed by atoms with E-state index in [-0.39, 0.29) is 45.0 Å². The molecule has 0 aliphatic heterocycles. The number of rotatable bonds is 9. The monoisotopic (exact) mass is 638 g/mol. The van der Waals surface area contributed by atoms with Crippen LogP contribution in [-0.4, -0.2) is 44.8 Å². The third kappa shape index (κ3) is 6.16. The minimum Gasteiger partial charge on any atom is -0.497 e. The highest BCUT2D eigenvalue weighted by Crippen LogP contribution is 2.37. The molecule has 0 fully saturated rings. The molecule has 4 aromatic rings. The van der Waals surface area contributed by atoms with Gasteiger partial charge >= 0.3 is 0 Å². The normalized spacial score (nSPS) is 12.1. The molecular weight excluding hydrogens is 615 g/mol. The molecule has 0 radical (unpaired) electrons. The van der Waals surface area contributed by atoms with Gasteiger partial charge in [-0.3, -0.25) is 8.86 Å². The van der Waals surface area contributed by atoms with Crippen molar-refractivity contribution >= 4 is 66.2 Å². The second-order valence-electron chi connectivity index (χ2n) is 8.50. The topological polar surface area (TPSA) is 170 Å². The third-order valence-electron chi connectivity index (χ3n) is 5.88. The van der Waals surface area contributed by atoms with Crippen LogP contribution in [-0.2, 0) is 20.1 Å². The maximum absolute atomic E-state index is 13.8. The summed E-state index contributed by atoms with van der Waals surface area (Å²) in [4.78, 5) is -0.574. The summed E-state index contributed by atoms with van der Waals surface area (Å²) >= 11 is 12.4. The summed E-state index contributed by atoms with van der Waals surface area (Å²) in [6.07, 6.45) is 0. The number of halogens is 2. The Labute approximate surface area is 246 Å². The minimum atomic E-state index is -4.53. The number of methoxy groups -OCH3 is 1. The Kier molecular flexibility index (Phi) is 8.61. The summed E-state index contributed by atoms with van der Waals surface area (Å²) in [6, 6.07) is 14.2. The highest BCUT2D eigenvalue weighted by atomic mass is 35.5. The Morgan fingerprint density at radius 2 is 1.78 bits per heavy atom. The molecule has 216 valence electrons. The zero-order valence-electron chi connectivity index (χ0n) is 21.9. The van der Waals surface area contributed by atoms with Crippen molar-refractivity contribution in [2.45, 2.75) is 23.6 Å². The highest BCUT2D eigenvalue weighted by molar-refractivity contribution is 7.93. The number of azo groups is 1. The van der Waals surface area contributed by atoms with Crippen molar-refractivity contribution in [2.24, 2.45) is 10.2 Å². The van der Waals surface area contributed by atoms with Gasteiger partial charge in [0.15, 0.2) is 11.5 Å². The predicted molar refractivity (Wildman–Crippen MR) is 156 cm³/mol. The van der Waals surface area contributed by atoms with Crippen LogP contribution in [0.3, 0.4) is 0 Å². The fourth-order valence-electron chi connectivity index (χ4n) is 3.92. The molecule has 1 aromatic heterocycles. The molecule has 0 amide bonds. The average molecular weight is 640 g/mol. The molecule has 3 N–H and O–H groups in total. The summed E-state index contributed by atoms with van der Waals surface area (Å²) in [5.41, 5.74) is 7.02. The number of aryl methyl sites for hydroxylation is 1. The molecule has 16 heteroatoms. The van der Waals surface area contributed by atoms with E-state index in [0.717, 1.165) is 16.8 Å². The smallest absolute Gasteiger partial charge is 0.294 e. The van der Waals surface area contributed by atoms with Gasteiger partial charge in [0, 0.05) is 17.6 Å². The third-order valence-corrected chi connectivity index (χ3v) is 9.24. The maximum atomic E-state index is 13.8. The van der Waals surface area contributed by atoms with E-state index >= 15 is 0 Å². The largest absolute Gasteiger partial charge is 0.497 e. The fraction of sp³-hybridized carbons (Fsp3) is 0.160. The summed E-state index contributed by atoms with van der Waals surface area (Å²) in [7, 11) is -7.26. The molecule has 1 heterocycles. The van der Waals surface area contributed by atoms with Crippen LogP contribution in [0.5, 0.6) is 5.75 Å². The second-order valence-corrected chi connectivity index (χ2v) is 12.6. The lowest BCUT2D eigenvalue weighted by Crippen LogP contribution is -2.30. The summed E-state index contributed by atoms with van der Waals surface area (Å²) < 4.78 is 67.9. The second kappa shape index (κ2) is 11.7. The predicted octanol–water partition coefficient (Wildman–Crippen LogP) is 5.96. The van der Waals surface area contributed by atoms with E-state index in [1.165, 1.54) is 41.7 Å². The number of nitrogens with two attached hydrogens (primary N) is 1. The Morgan fingerprint density at radius 3 is 2.41 bits per heavy atom. The molecule has 0 bridgehead atoms. The number of aromatic nitrogens is 2. The van der Waals surface area contributed by atoms with Crippen molar-refractivity contribution in [3.05, 3.63) is 76.4 Å². The molecule has 41 heavy (non-hydrogen) atoms. The Bertz CT molecular complexity index is 1880. The first kappa shape index (κ1) is 30.3. The van der Waals surface area contributed by atoms with Gasteiger partial charge in [0.1, 0.15) is 16.3 Å². The van der Waals surface area contributed by atoms with Crippen LogP contribution in [0.25, 0.3) is 5.69 Å². The van der Waals surface area contributed by atoms with Gasteiger partial charge in [-0.25, -0.2) is 13.1 Å². The molecule has 0 saturated heterocycles. The van der Waals surface area contributed by atoms with Crippen molar-refractivity contribution < 1.29 is 26.1 Å². The molecule has 0 atom stereocenters. The van der Waals surface area contributed by atoms with E-state index in [0.29, 0.717) is 16.5 Å². The van der Waals surface area contributed by atoms with Crippen molar-refractivity contribution in [3.63, 3.8) is 0 Å². The van der Waals surface area contributed by atoms with Crippen LogP contribution in [0.4, 0.5) is 22.9 Å². The lowest BCUT2D eigenvalue weighted by atomic mass is 10.3. The van der Waals surface area contributed by atoms with Crippen LogP contribution in [0.15, 0.2) is 80.7 Å². The molecular formula is C25H24Cl2N6O6S2. The van der Waals surface area contributed by atoms with Crippen molar-refractivity contribution in [2.75, 3.05) is 23.7 Å². The van der Waals surface area contributed by atoms with E-state index in [1.54, 1.807) is 32.0 Å². The fourth-order valence-corrected chi connectivity index (χ4v) is 6.38. The van der Waals surface area contributed by atoms with E-state index in [1.807, 2.05) is 0 Å². The van der Waals surface area contributed by atoms with Crippen LogP contribution >= 0.6 is 23.2 Å². The number of nitrogens with zero attached hydrogens (tertiary/aromatic N) is 5. The van der Waals surface area contributed by atoms with E-state index in [2.05, 4.69) is 15.3 Å². The first-order chi connectivity index (χ1) is 19.3. The van der Waals surface area contributed by atoms with Gasteiger partial charge in [-0.2, -0.15) is 13.5 Å². The number of sulfonamides is 1. The van der Waals surface area contributed by atoms with Crippen LogP contribution in [0, 0.1) is 6.92 Å². The number of ether oxygens (including phenoxy) is 1. The molecule has 0 aliphatic rings. The SMILES string of the molecule is CCN(c1cccc(Cl)c1)S(=O)(=O)c1ccc(OC)cc1/N=N/c1c(C)nn(-c2cc(S(=O)(=O)O)ccc2Cl)c1N. The summed E-state index contributed by atoms with van der Waals surface area (Å²) in [6.45, 7) is 3.36. The van der Waals surface area contributed by atoms with E-state index < -0.39 is 25.0 Å². The zero-order chi connectivity index (χ0) is 30.1. The lowest BCUT2D eigenvalue weighted by molar-refractivity contribution is 0.414. The van der Waals surface area contributed by atoms with Gasteiger partial charge in [-0.15, -0.1) is 10.2 Å². The quantitative estimate of drug-likeness (QED) is 0.167. The zero-order valence-corrected chi connectivity index (χ0v) is 25.0. The van der Waals surface area contributed by atoms with Gasteiger partial charge in [-0.1, -0.05) is 29.3 Å². The number of hydrogen-bond donors (Lipinski definition) is 2. The number of nitrogen functional groups attached to an aromatic ring is 1. The lowest BCUT2D eigenvalue weighted by Gasteiger charge is -2.23. The van der Waals surface area contributed by atoms with Crippen LogP contribution in [0.1, 0.15) is 12.6 Å². The summed E-state index contributed by atoms with van der Waals surface area (Å²) in [5, 5.41) is 13.1. The van der Waals surface area contributed by atoms with Gasteiger partial charge in [-0.05, 0) is 62.4 Å². The van der Waals surface area contributed by atoms with Crippen LogP contribution < -0.4 is 14.8 Å². The van der Waals surface area contributed by atoms with Gasteiger partial charge in [0.25, 0.3) is 20.1 Å². The molecule has 0 unspecified atom stereocenters. The van der Waals surface area contributed by atoms with Gasteiger partial charge in [0.2, 0.25) is 0 Å². The molecule has 0 saturated carbocycles. The average Bonchev–Trinajstić information content (AvgIpc) is 3.19. The first-order valence-electron chi connectivity index (χ1n) is 11.8. The summed E-state index contributed by atoms with van der Waals surface area (Å²) in [5.74, 6) is 0.264. The van der Waals surface area contributed by atoms with Crippen molar-refractivity contribution in [3.8, 4) is 11.4 Å². The van der Waals surface area contributed by atoms with Crippen LogP contribution in [0.2, 0.25) is 10.0 Å². The minimum absolute atomic E-state index is 0.0391. The molecule has 4 rings (SSSR count). The van der Waals surface area contributed by atoms with E-state index in [9.17, 15) is 21.4 Å². The molecule has 12 nitrogen and oxygen atoms in total. The molecule has 0 aliphatic carbocycles. The van der Waals surface area contributed by atoms with Gasteiger partial charge < -0.3 is 10.5 Å². The maximum Gasteiger partial charge on any atom is 0.294 e. The number of benzene rings is 3. The number of anilines is 2. The van der Waals surface area contributed by atoms with Crippen molar-refractivity contribution in [1.82, 2.24) is 9.78 Å². The Morgan fingerprint density at radius 1 is 1.05 bits per heavy atom. The highest BCUT2D eigenvalue weighted by Gasteiger charge is 2.28. The van der Waals surface area contributed by atoms with Crippen molar-refractivity contribution in [1.29, 1.82) is 0 Å². The standard InChI is InChI=1S/C25H24Cl2N6O6S2/c1-4-32(17-7-5-6-16(26)12-17)40(34,35)23-11-8-18(39-3)13-21(23)29-30-24-15(2)31-33(25(24)28)22-14-19(41(36,37)38)9-10-20(22)27/h5-14H,4,28H2,1-3H3,(H,36,37,38)/b30-29+. The number of hydrogen-bond acceptors (Lipinski definition) is 9. The Balaban J connectivity index is 1.81. The van der Waals surface area contributed by atoms with E-state index in [4.69, 9.17) is 33.7 Å².